The van der Waals surface area contributed by atoms with E-state index >= 15 is 0 Å². The Hall–Kier alpha value is -1.68. The monoisotopic (exact) mass is 479 g/mol. The molecule has 6 atom stereocenters. The first kappa shape index (κ1) is 25.4. The molecule has 0 bridgehead atoms. The summed E-state index contributed by atoms with van der Waals surface area (Å²) in [6, 6.07) is 0.158. The summed E-state index contributed by atoms with van der Waals surface area (Å²) in [5, 5.41) is 5.95. The molecule has 34 heavy (non-hydrogen) atoms. The first-order valence-electron chi connectivity index (χ1n) is 12.7. The Morgan fingerprint density at radius 1 is 1.12 bits per heavy atom. The summed E-state index contributed by atoms with van der Waals surface area (Å²) in [6.07, 6.45) is 6.88. The minimum atomic E-state index is -0.407. The Balaban J connectivity index is 1.32. The molecule has 0 aromatic heterocycles. The van der Waals surface area contributed by atoms with Crippen molar-refractivity contribution in [3.63, 3.8) is 0 Å². The number of methoxy groups -OCH3 is 1. The molecule has 4 N–H and O–H groups in total. The average molecular weight is 480 g/mol. The van der Waals surface area contributed by atoms with Gasteiger partial charge in [-0.25, -0.2) is 4.79 Å². The molecular weight excluding hydrogens is 438 g/mol. The number of hydrogen-bond acceptors (Lipinski definition) is 7. The molecule has 4 fully saturated rings. The van der Waals surface area contributed by atoms with Crippen molar-refractivity contribution in [2.24, 2.45) is 11.7 Å². The van der Waals surface area contributed by atoms with Gasteiger partial charge in [-0.3, -0.25) is 4.79 Å². The van der Waals surface area contributed by atoms with E-state index in [9.17, 15) is 9.59 Å². The lowest BCUT2D eigenvalue weighted by Crippen LogP contribution is -2.56. The van der Waals surface area contributed by atoms with Crippen molar-refractivity contribution in [1.29, 1.82) is 0 Å². The number of rotatable bonds is 8. The maximum absolute atomic E-state index is 12.8. The largest absolute Gasteiger partial charge is 0.443 e. The molecule has 2 aliphatic carbocycles. The van der Waals surface area contributed by atoms with Crippen LogP contribution in [0.15, 0.2) is 11.6 Å². The van der Waals surface area contributed by atoms with Crippen molar-refractivity contribution in [3.05, 3.63) is 11.6 Å². The van der Waals surface area contributed by atoms with Gasteiger partial charge >= 0.3 is 6.09 Å². The van der Waals surface area contributed by atoms with Crippen molar-refractivity contribution in [1.82, 2.24) is 10.6 Å². The van der Waals surface area contributed by atoms with Crippen LogP contribution in [0.25, 0.3) is 0 Å². The van der Waals surface area contributed by atoms with Crippen molar-refractivity contribution >= 4 is 12.0 Å². The lowest BCUT2D eigenvalue weighted by Gasteiger charge is -2.42. The van der Waals surface area contributed by atoms with Gasteiger partial charge in [-0.2, -0.15) is 0 Å². The molecule has 2 heterocycles. The summed E-state index contributed by atoms with van der Waals surface area (Å²) < 4.78 is 24.1. The van der Waals surface area contributed by atoms with Crippen molar-refractivity contribution in [2.45, 2.75) is 107 Å². The maximum Gasteiger partial charge on any atom is 0.407 e. The van der Waals surface area contributed by atoms with E-state index in [4.69, 9.17) is 24.7 Å². The van der Waals surface area contributed by atoms with Crippen LogP contribution in [-0.2, 0) is 23.7 Å². The molecule has 0 aromatic rings. The van der Waals surface area contributed by atoms with Gasteiger partial charge in [0.25, 0.3) is 0 Å². The highest BCUT2D eigenvalue weighted by Crippen LogP contribution is 2.59. The van der Waals surface area contributed by atoms with Gasteiger partial charge in [-0.05, 0) is 65.7 Å². The molecule has 9 nitrogen and oxygen atoms in total. The van der Waals surface area contributed by atoms with Gasteiger partial charge in [0.15, 0.2) is 0 Å². The topological polar surface area (TPSA) is 128 Å². The van der Waals surface area contributed by atoms with E-state index in [2.05, 4.69) is 37.5 Å². The van der Waals surface area contributed by atoms with E-state index in [1.165, 1.54) is 5.57 Å². The summed E-state index contributed by atoms with van der Waals surface area (Å²) in [7, 11) is 1.68. The second-order valence-electron chi connectivity index (χ2n) is 10.8. The minimum Gasteiger partial charge on any atom is -0.443 e. The normalized spacial score (nSPS) is 40.9. The standard InChI is InChI=1S/C25H41N3O6/c1-15(2)5-10-19-24(3,34-19)22-21(31-4)18(11-12-25(22)14-32-25)33-23(30)28-17-8-6-16(7-9-17)27-20(29)13-26/h5,16-19,21-22H,6-14,26H2,1-4H3,(H,27,29)(H,28,30)/t16?,17?,18?,19-,21?,22?,24-,25?/m1/s1. The van der Waals surface area contributed by atoms with Gasteiger partial charge in [0, 0.05) is 19.2 Å². The Morgan fingerprint density at radius 3 is 2.32 bits per heavy atom. The third-order valence-electron chi connectivity index (χ3n) is 8.10. The molecule has 2 saturated carbocycles. The zero-order valence-electron chi connectivity index (χ0n) is 20.9. The first-order chi connectivity index (χ1) is 16.2. The second kappa shape index (κ2) is 10.1. The third kappa shape index (κ3) is 5.42. The third-order valence-corrected chi connectivity index (χ3v) is 8.10. The van der Waals surface area contributed by atoms with Crippen LogP contribution >= 0.6 is 0 Å². The molecule has 4 aliphatic rings. The number of amides is 2. The molecule has 4 unspecified atom stereocenters. The fourth-order valence-electron chi connectivity index (χ4n) is 6.08. The molecule has 4 rings (SSSR count). The van der Waals surface area contributed by atoms with Crippen LogP contribution in [0, 0.1) is 5.92 Å². The number of hydrogen-bond donors (Lipinski definition) is 3. The smallest absolute Gasteiger partial charge is 0.407 e. The highest BCUT2D eigenvalue weighted by molar-refractivity contribution is 5.78. The van der Waals surface area contributed by atoms with E-state index in [-0.39, 0.29) is 60.0 Å². The zero-order chi connectivity index (χ0) is 24.5. The van der Waals surface area contributed by atoms with E-state index in [0.29, 0.717) is 13.0 Å². The zero-order valence-corrected chi connectivity index (χ0v) is 20.9. The SMILES string of the molecule is COC1C(OC(=O)NC2CCC(NC(=O)CN)CC2)CCC2(CO2)C1[C@]1(C)O[C@@H]1CC=C(C)C. The van der Waals surface area contributed by atoms with Crippen molar-refractivity contribution in [2.75, 3.05) is 20.3 Å². The van der Waals surface area contributed by atoms with Gasteiger partial charge in [0.1, 0.15) is 23.4 Å². The van der Waals surface area contributed by atoms with Crippen molar-refractivity contribution in [3.8, 4) is 0 Å². The quantitative estimate of drug-likeness (QED) is 0.360. The number of alkyl carbamates (subject to hydrolysis) is 1. The summed E-state index contributed by atoms with van der Waals surface area (Å²) in [5.41, 5.74) is 6.06. The molecule has 0 radical (unpaired) electrons. The number of nitrogens with one attached hydrogen (secondary N) is 2. The number of epoxide rings is 2. The van der Waals surface area contributed by atoms with Crippen LogP contribution in [0.2, 0.25) is 0 Å². The number of nitrogens with two attached hydrogens (primary N) is 1. The first-order valence-corrected chi connectivity index (χ1v) is 12.7. The number of carbonyl (C=O) groups excluding carboxylic acids is 2. The van der Waals surface area contributed by atoms with Gasteiger partial charge in [-0.1, -0.05) is 11.6 Å². The summed E-state index contributed by atoms with van der Waals surface area (Å²) in [6.45, 7) is 7.03. The van der Waals surface area contributed by atoms with Crippen LogP contribution in [0.3, 0.4) is 0 Å². The Kier molecular flexibility index (Phi) is 7.57. The lowest BCUT2D eigenvalue weighted by atomic mass is 9.68. The van der Waals surface area contributed by atoms with Crippen LogP contribution in [0.5, 0.6) is 0 Å². The Morgan fingerprint density at radius 2 is 1.76 bits per heavy atom. The predicted octanol–water partition coefficient (Wildman–Crippen LogP) is 2.18. The molecule has 192 valence electrons. The van der Waals surface area contributed by atoms with Crippen LogP contribution in [0.1, 0.15) is 65.7 Å². The Bertz CT molecular complexity index is 788. The Labute approximate surface area is 202 Å². The number of ether oxygens (including phenoxy) is 4. The van der Waals surface area contributed by atoms with E-state index in [1.54, 1.807) is 7.11 Å². The molecule has 2 aliphatic heterocycles. The summed E-state index contributed by atoms with van der Waals surface area (Å²) in [5.74, 6) is -0.129. The van der Waals surface area contributed by atoms with Crippen LogP contribution in [0.4, 0.5) is 4.79 Å². The second-order valence-corrected chi connectivity index (χ2v) is 10.8. The molecule has 2 saturated heterocycles. The van der Waals surface area contributed by atoms with E-state index in [0.717, 1.165) is 38.5 Å². The summed E-state index contributed by atoms with van der Waals surface area (Å²) >= 11 is 0. The number of carbonyl (C=O) groups is 2. The minimum absolute atomic E-state index is 0.000341. The van der Waals surface area contributed by atoms with Gasteiger partial charge in [0.05, 0.1) is 25.2 Å². The summed E-state index contributed by atoms with van der Waals surface area (Å²) in [4.78, 5) is 24.3. The molecule has 0 aromatic carbocycles. The van der Waals surface area contributed by atoms with Crippen LogP contribution in [-0.4, -0.2) is 73.9 Å². The molecule has 9 heteroatoms. The highest BCUT2D eigenvalue weighted by Gasteiger charge is 2.72. The molecule has 1 spiro atoms. The van der Waals surface area contributed by atoms with E-state index < -0.39 is 6.09 Å². The lowest BCUT2D eigenvalue weighted by molar-refractivity contribution is -0.120. The predicted molar refractivity (Wildman–Crippen MR) is 126 cm³/mol. The van der Waals surface area contributed by atoms with Gasteiger partial charge in [-0.15, -0.1) is 0 Å². The molecule has 2 amide bonds. The molecular formula is C25H41N3O6. The number of allylic oxidation sites excluding steroid dienone is 1. The van der Waals surface area contributed by atoms with Gasteiger partial charge < -0.3 is 35.3 Å². The fourth-order valence-corrected chi connectivity index (χ4v) is 6.08. The fraction of sp³-hybridized carbons (Fsp3) is 0.840. The van der Waals surface area contributed by atoms with Gasteiger partial charge in [0.2, 0.25) is 5.91 Å². The average Bonchev–Trinajstić information content (AvgIpc) is 3.72. The van der Waals surface area contributed by atoms with Crippen LogP contribution < -0.4 is 16.4 Å². The highest BCUT2D eigenvalue weighted by atomic mass is 16.6. The maximum atomic E-state index is 12.8. The van der Waals surface area contributed by atoms with E-state index in [1.807, 2.05) is 0 Å². The van der Waals surface area contributed by atoms with Crippen molar-refractivity contribution < 1.29 is 28.5 Å².